The summed E-state index contributed by atoms with van der Waals surface area (Å²) in [6, 6.07) is 4.86. The Morgan fingerprint density at radius 3 is 2.46 bits per heavy atom. The molecule has 1 unspecified atom stereocenters. The van der Waals surface area contributed by atoms with Gasteiger partial charge in [0.15, 0.2) is 0 Å². The third-order valence-electron chi connectivity index (χ3n) is 8.66. The molecule has 1 spiro atoms. The molecule has 1 aromatic carbocycles. The summed E-state index contributed by atoms with van der Waals surface area (Å²) in [5.41, 5.74) is -0.332. The molecule has 9 nitrogen and oxygen atoms in total. The van der Waals surface area contributed by atoms with Crippen LogP contribution in [0.3, 0.4) is 0 Å². The fourth-order valence-electron chi connectivity index (χ4n) is 5.85. The van der Waals surface area contributed by atoms with E-state index in [1.165, 1.54) is 0 Å². The number of hydrogen-bond donors (Lipinski definition) is 3. The third kappa shape index (κ3) is 5.00. The number of nitrogens with one attached hydrogen (secondary N) is 3. The number of fused-ring (bicyclic) bond motifs is 2. The Morgan fingerprint density at radius 2 is 1.87 bits per heavy atom. The zero-order valence-electron chi connectivity index (χ0n) is 21.9. The van der Waals surface area contributed by atoms with Crippen molar-refractivity contribution in [2.75, 3.05) is 18.9 Å². The van der Waals surface area contributed by atoms with E-state index < -0.39 is 53.0 Å². The fourth-order valence-corrected chi connectivity index (χ4v) is 5.85. The first-order valence-corrected chi connectivity index (χ1v) is 13.2. The Balaban J connectivity index is 1.40. The minimum Gasteiger partial charge on any atom is -0.342 e. The molecule has 2 aliphatic carbocycles. The molecule has 3 N–H and O–H groups in total. The molecule has 12 heteroatoms. The van der Waals surface area contributed by atoms with Gasteiger partial charge in [-0.1, -0.05) is 38.0 Å². The first-order valence-electron chi connectivity index (χ1n) is 13.2. The summed E-state index contributed by atoms with van der Waals surface area (Å²) in [5.74, 6) is -3.45. The molecule has 1 saturated heterocycles. The number of likely N-dealkylation sites (tertiary alicyclic amines) is 1. The molecule has 4 atom stereocenters. The number of carbonyl (C=O) groups excluding carboxylic acids is 4. The van der Waals surface area contributed by atoms with Crippen LogP contribution in [0.5, 0.6) is 0 Å². The topological polar surface area (TPSA) is 111 Å². The number of amides is 4. The number of anilines is 1. The van der Waals surface area contributed by atoms with Gasteiger partial charge >= 0.3 is 12.1 Å². The predicted molar refractivity (Wildman–Crippen MR) is 135 cm³/mol. The molecule has 0 radical (unpaired) electrons. The van der Waals surface area contributed by atoms with Crippen molar-refractivity contribution < 1.29 is 36.9 Å². The lowest BCUT2D eigenvalue weighted by atomic mass is 9.80. The normalized spacial score (nSPS) is 26.4. The van der Waals surface area contributed by atoms with Gasteiger partial charge in [0.25, 0.3) is 0 Å². The maximum atomic E-state index is 14.0. The summed E-state index contributed by atoms with van der Waals surface area (Å²) in [7, 11) is 1.70. The second-order valence-corrected chi connectivity index (χ2v) is 11.8. The average molecular weight is 549 g/mol. The zero-order chi connectivity index (χ0) is 28.3. The van der Waals surface area contributed by atoms with Crippen LogP contribution >= 0.6 is 0 Å². The number of hydrogen-bond acceptors (Lipinski definition) is 4. The Bertz CT molecular complexity index is 1240. The van der Waals surface area contributed by atoms with Crippen LogP contribution < -0.4 is 16.0 Å². The van der Waals surface area contributed by atoms with Crippen LogP contribution in [0.1, 0.15) is 51.0 Å². The lowest BCUT2D eigenvalue weighted by Crippen LogP contribution is -2.59. The summed E-state index contributed by atoms with van der Waals surface area (Å²) in [6.07, 6.45) is -2.36. The summed E-state index contributed by atoms with van der Waals surface area (Å²) in [5, 5.41) is 7.44. The standard InChI is InChI=1S/C27H32F3N5O4/c1-25(10-11-25)20(33-24(39)27(28,29)30)21(36)31-18(12-15-8-9-15)22(37)35-14-26(13-19(35)34(2)3)16-6-4-5-7-17(16)32-23(26)38/h4-7,15,18-20H,2,8-14H2,1,3H3,(H2-,31,32,33,36,38,39)/p+1/t18?,19-,20+,26-/m0/s1. The van der Waals surface area contributed by atoms with Crippen LogP contribution in [0.25, 0.3) is 0 Å². The van der Waals surface area contributed by atoms with E-state index in [0.717, 1.165) is 18.4 Å². The van der Waals surface area contributed by atoms with Gasteiger partial charge in [-0.05, 0) is 42.2 Å². The molecule has 1 aromatic rings. The number of alkyl halides is 3. The highest BCUT2D eigenvalue weighted by molar-refractivity contribution is 6.07. The number of benzene rings is 1. The minimum absolute atomic E-state index is 0.0716. The number of nitrogens with zero attached hydrogens (tertiary/aromatic N) is 2. The first kappa shape index (κ1) is 27.1. The number of para-hydroxylation sites is 1. The quantitative estimate of drug-likeness (QED) is 0.341. The predicted octanol–water partition coefficient (Wildman–Crippen LogP) is 1.91. The van der Waals surface area contributed by atoms with Crippen molar-refractivity contribution in [3.05, 3.63) is 29.8 Å². The van der Waals surface area contributed by atoms with E-state index in [-0.39, 0.29) is 18.4 Å². The van der Waals surface area contributed by atoms with Crippen molar-refractivity contribution in [3.8, 4) is 0 Å². The van der Waals surface area contributed by atoms with Crippen LogP contribution in [0, 0.1) is 11.3 Å². The largest absolute Gasteiger partial charge is 0.471 e. The van der Waals surface area contributed by atoms with Gasteiger partial charge in [-0.3, -0.25) is 24.1 Å². The molecule has 2 saturated carbocycles. The summed E-state index contributed by atoms with van der Waals surface area (Å²) >= 11 is 0. The van der Waals surface area contributed by atoms with E-state index in [0.29, 0.717) is 31.4 Å². The second-order valence-electron chi connectivity index (χ2n) is 11.8. The van der Waals surface area contributed by atoms with Crippen molar-refractivity contribution in [2.45, 2.75) is 75.3 Å². The Kier molecular flexibility index (Phi) is 6.50. The van der Waals surface area contributed by atoms with E-state index in [1.54, 1.807) is 29.5 Å². The SMILES string of the molecule is C=[N+](C)[C@@H]1C[C@@]2(CN1C(=O)C(CC1CC1)NC(=O)[C@@H](NC(=O)C(F)(F)F)C1(C)CC1)C(=O)Nc1ccccc12. The molecule has 5 rings (SSSR count). The molecule has 4 aliphatic rings. The van der Waals surface area contributed by atoms with Gasteiger partial charge in [0.2, 0.25) is 23.9 Å². The van der Waals surface area contributed by atoms with Crippen molar-refractivity contribution in [1.29, 1.82) is 0 Å². The van der Waals surface area contributed by atoms with Gasteiger partial charge in [-0.15, -0.1) is 0 Å². The second kappa shape index (κ2) is 9.34. The highest BCUT2D eigenvalue weighted by atomic mass is 19.4. The zero-order valence-corrected chi connectivity index (χ0v) is 21.9. The van der Waals surface area contributed by atoms with E-state index in [2.05, 4.69) is 17.4 Å². The molecule has 2 aliphatic heterocycles. The van der Waals surface area contributed by atoms with Crippen LogP contribution in [0.2, 0.25) is 0 Å². The molecule has 39 heavy (non-hydrogen) atoms. The van der Waals surface area contributed by atoms with Crippen LogP contribution in [0.4, 0.5) is 18.9 Å². The number of halogens is 3. The maximum Gasteiger partial charge on any atom is 0.471 e. The highest BCUT2D eigenvalue weighted by Crippen LogP contribution is 2.49. The van der Waals surface area contributed by atoms with E-state index >= 15 is 0 Å². The summed E-state index contributed by atoms with van der Waals surface area (Å²) in [4.78, 5) is 53.9. The Hall–Kier alpha value is -3.44. The monoisotopic (exact) mass is 548 g/mol. The molecule has 0 bridgehead atoms. The van der Waals surface area contributed by atoms with Gasteiger partial charge < -0.3 is 16.0 Å². The van der Waals surface area contributed by atoms with E-state index in [9.17, 15) is 32.3 Å². The molecular weight excluding hydrogens is 515 g/mol. The minimum atomic E-state index is -5.14. The van der Waals surface area contributed by atoms with Crippen molar-refractivity contribution >= 4 is 36.0 Å². The maximum absolute atomic E-state index is 14.0. The molecule has 0 aromatic heterocycles. The van der Waals surface area contributed by atoms with Gasteiger partial charge in [0.05, 0.1) is 6.42 Å². The Morgan fingerprint density at radius 1 is 1.21 bits per heavy atom. The number of carbonyl (C=O) groups is 4. The lowest BCUT2D eigenvalue weighted by molar-refractivity contribution is -0.549. The highest BCUT2D eigenvalue weighted by Gasteiger charge is 2.59. The molecule has 4 amide bonds. The van der Waals surface area contributed by atoms with Crippen LogP contribution in [-0.2, 0) is 24.6 Å². The lowest BCUT2D eigenvalue weighted by Gasteiger charge is -2.30. The van der Waals surface area contributed by atoms with Crippen LogP contribution in [-0.4, -0.2) is 77.8 Å². The number of rotatable bonds is 8. The van der Waals surface area contributed by atoms with Crippen molar-refractivity contribution in [2.24, 2.45) is 11.3 Å². The van der Waals surface area contributed by atoms with Crippen molar-refractivity contribution in [1.82, 2.24) is 15.5 Å². The molecule has 210 valence electrons. The summed E-state index contributed by atoms with van der Waals surface area (Å²) in [6.45, 7) is 5.68. The van der Waals surface area contributed by atoms with Gasteiger partial charge in [-0.25, -0.2) is 4.58 Å². The third-order valence-corrected chi connectivity index (χ3v) is 8.66. The molecule has 3 fully saturated rings. The van der Waals surface area contributed by atoms with E-state index in [1.807, 2.05) is 23.5 Å². The van der Waals surface area contributed by atoms with E-state index in [4.69, 9.17) is 0 Å². The average Bonchev–Trinajstić information content (AvgIpc) is 3.77. The first-order chi connectivity index (χ1) is 18.2. The van der Waals surface area contributed by atoms with Gasteiger partial charge in [0, 0.05) is 12.2 Å². The summed E-state index contributed by atoms with van der Waals surface area (Å²) < 4.78 is 40.6. The fraction of sp³-hybridized carbons (Fsp3) is 0.593. The molecular formula is C27H33F3N5O4+. The van der Waals surface area contributed by atoms with Crippen molar-refractivity contribution in [3.63, 3.8) is 0 Å². The van der Waals surface area contributed by atoms with Gasteiger partial charge in [0.1, 0.15) is 31.3 Å². The van der Waals surface area contributed by atoms with Crippen LogP contribution in [0.15, 0.2) is 24.3 Å². The van der Waals surface area contributed by atoms with Gasteiger partial charge in [-0.2, -0.15) is 13.2 Å². The molecule has 2 heterocycles. The Labute approximate surface area is 224 Å². The smallest absolute Gasteiger partial charge is 0.342 e.